The van der Waals surface area contributed by atoms with Crippen molar-refractivity contribution in [2.24, 2.45) is 0 Å². The number of hydrogen-bond acceptors (Lipinski definition) is 1. The van der Waals surface area contributed by atoms with E-state index >= 15 is 0 Å². The van der Waals surface area contributed by atoms with Crippen molar-refractivity contribution in [3.8, 4) is 5.69 Å². The first-order valence-electron chi connectivity index (χ1n) is 4.11. The Labute approximate surface area is 75.7 Å². The summed E-state index contributed by atoms with van der Waals surface area (Å²) in [7, 11) is 0. The predicted molar refractivity (Wildman–Crippen MR) is 51.1 cm³/mol. The van der Waals surface area contributed by atoms with Crippen LogP contribution in [0, 0.1) is 6.92 Å². The van der Waals surface area contributed by atoms with Gasteiger partial charge in [0.25, 0.3) is 0 Å². The van der Waals surface area contributed by atoms with Crippen LogP contribution in [0.3, 0.4) is 0 Å². The zero-order chi connectivity index (χ0) is 9.26. The highest BCUT2D eigenvalue weighted by molar-refractivity contribution is 5.32. The molecule has 1 N–H and O–H groups in total. The van der Waals surface area contributed by atoms with Crippen LogP contribution in [0.2, 0.25) is 0 Å². The molecule has 2 rings (SSSR count). The summed E-state index contributed by atoms with van der Waals surface area (Å²) in [6, 6.07) is 9.56. The Morgan fingerprint density at radius 3 is 2.46 bits per heavy atom. The van der Waals surface area contributed by atoms with Gasteiger partial charge in [0.05, 0.1) is 5.69 Å². The average molecular weight is 174 g/mol. The van der Waals surface area contributed by atoms with E-state index in [1.165, 1.54) is 0 Å². The maximum Gasteiger partial charge on any atom is 0.330 e. The number of aryl methyl sites for hydroxylation is 1. The SMILES string of the molecule is Cc1c[nH]c(=O)n1-c1ccccc1. The third-order valence-corrected chi connectivity index (χ3v) is 1.97. The molecule has 0 fully saturated rings. The molecule has 0 aliphatic rings. The van der Waals surface area contributed by atoms with Gasteiger partial charge < -0.3 is 4.98 Å². The normalized spacial score (nSPS) is 10.2. The minimum atomic E-state index is -0.0938. The summed E-state index contributed by atoms with van der Waals surface area (Å²) >= 11 is 0. The number of H-pyrrole nitrogens is 1. The molecular weight excluding hydrogens is 164 g/mol. The van der Waals surface area contributed by atoms with E-state index in [0.29, 0.717) is 0 Å². The van der Waals surface area contributed by atoms with Gasteiger partial charge in [-0.3, -0.25) is 4.57 Å². The number of para-hydroxylation sites is 1. The first-order valence-corrected chi connectivity index (χ1v) is 4.11. The summed E-state index contributed by atoms with van der Waals surface area (Å²) in [6.07, 6.45) is 1.70. The Balaban J connectivity index is 2.65. The topological polar surface area (TPSA) is 37.8 Å². The van der Waals surface area contributed by atoms with E-state index in [-0.39, 0.29) is 5.69 Å². The third kappa shape index (κ3) is 1.28. The zero-order valence-corrected chi connectivity index (χ0v) is 7.32. The average Bonchev–Trinajstić information content (AvgIpc) is 2.48. The molecule has 0 atom stereocenters. The molecule has 0 aliphatic carbocycles. The van der Waals surface area contributed by atoms with E-state index in [4.69, 9.17) is 0 Å². The Morgan fingerprint density at radius 2 is 1.92 bits per heavy atom. The number of benzene rings is 1. The Morgan fingerprint density at radius 1 is 1.23 bits per heavy atom. The summed E-state index contributed by atoms with van der Waals surface area (Å²) < 4.78 is 1.64. The summed E-state index contributed by atoms with van der Waals surface area (Å²) in [5.74, 6) is 0. The summed E-state index contributed by atoms with van der Waals surface area (Å²) in [5.41, 5.74) is 1.71. The van der Waals surface area contributed by atoms with E-state index in [0.717, 1.165) is 11.4 Å². The molecule has 0 unspecified atom stereocenters. The van der Waals surface area contributed by atoms with Crippen molar-refractivity contribution in [3.05, 3.63) is 52.7 Å². The van der Waals surface area contributed by atoms with Gasteiger partial charge in [0.15, 0.2) is 0 Å². The van der Waals surface area contributed by atoms with E-state index in [9.17, 15) is 4.79 Å². The summed E-state index contributed by atoms with van der Waals surface area (Å²) in [4.78, 5) is 14.0. The van der Waals surface area contributed by atoms with Crippen molar-refractivity contribution in [1.29, 1.82) is 0 Å². The molecule has 3 heteroatoms. The number of nitrogens with one attached hydrogen (secondary N) is 1. The van der Waals surface area contributed by atoms with E-state index in [1.807, 2.05) is 37.3 Å². The minimum Gasteiger partial charge on any atom is -0.312 e. The fourth-order valence-electron chi connectivity index (χ4n) is 1.35. The Bertz CT molecular complexity index is 453. The van der Waals surface area contributed by atoms with Gasteiger partial charge in [-0.05, 0) is 19.1 Å². The van der Waals surface area contributed by atoms with E-state index in [1.54, 1.807) is 10.8 Å². The smallest absolute Gasteiger partial charge is 0.312 e. The second-order valence-electron chi connectivity index (χ2n) is 2.91. The fourth-order valence-corrected chi connectivity index (χ4v) is 1.35. The van der Waals surface area contributed by atoms with E-state index < -0.39 is 0 Å². The molecule has 0 bridgehead atoms. The lowest BCUT2D eigenvalue weighted by molar-refractivity contribution is 0.949. The molecule has 0 radical (unpaired) electrons. The molecule has 13 heavy (non-hydrogen) atoms. The van der Waals surface area contributed by atoms with Gasteiger partial charge in [-0.15, -0.1) is 0 Å². The molecule has 1 aromatic heterocycles. The molecular formula is C10H10N2O. The Kier molecular flexibility index (Phi) is 1.77. The van der Waals surface area contributed by atoms with Gasteiger partial charge in [-0.2, -0.15) is 0 Å². The maximum absolute atomic E-state index is 11.3. The van der Waals surface area contributed by atoms with Gasteiger partial charge in [0.2, 0.25) is 0 Å². The van der Waals surface area contributed by atoms with Gasteiger partial charge >= 0.3 is 5.69 Å². The largest absolute Gasteiger partial charge is 0.330 e. The number of nitrogens with zero attached hydrogens (tertiary/aromatic N) is 1. The first kappa shape index (κ1) is 7.86. The molecule has 1 aromatic carbocycles. The van der Waals surface area contributed by atoms with Gasteiger partial charge in [0.1, 0.15) is 0 Å². The lowest BCUT2D eigenvalue weighted by Crippen LogP contribution is -2.15. The highest BCUT2D eigenvalue weighted by atomic mass is 16.1. The lowest BCUT2D eigenvalue weighted by Gasteiger charge is -2.01. The molecule has 3 nitrogen and oxygen atoms in total. The molecule has 0 saturated heterocycles. The van der Waals surface area contributed by atoms with Crippen molar-refractivity contribution in [1.82, 2.24) is 9.55 Å². The predicted octanol–water partition coefficient (Wildman–Crippen LogP) is 1.47. The monoisotopic (exact) mass is 174 g/mol. The van der Waals surface area contributed by atoms with Gasteiger partial charge in [-0.25, -0.2) is 4.79 Å². The van der Waals surface area contributed by atoms with E-state index in [2.05, 4.69) is 4.98 Å². The van der Waals surface area contributed by atoms with Crippen LogP contribution in [0.5, 0.6) is 0 Å². The minimum absolute atomic E-state index is 0.0938. The molecule has 0 amide bonds. The first-order chi connectivity index (χ1) is 6.29. The zero-order valence-electron chi connectivity index (χ0n) is 7.32. The quantitative estimate of drug-likeness (QED) is 0.698. The number of aromatic nitrogens is 2. The van der Waals surface area contributed by atoms with Crippen LogP contribution in [0.1, 0.15) is 5.69 Å². The third-order valence-electron chi connectivity index (χ3n) is 1.97. The number of rotatable bonds is 1. The molecule has 0 spiro atoms. The summed E-state index contributed by atoms with van der Waals surface area (Å²) in [5, 5.41) is 0. The molecule has 0 aliphatic heterocycles. The van der Waals surface area contributed by atoms with Crippen LogP contribution in [-0.4, -0.2) is 9.55 Å². The van der Waals surface area contributed by atoms with Crippen LogP contribution in [-0.2, 0) is 0 Å². The summed E-state index contributed by atoms with van der Waals surface area (Å²) in [6.45, 7) is 1.89. The second kappa shape index (κ2) is 2.94. The van der Waals surface area contributed by atoms with Crippen LogP contribution < -0.4 is 5.69 Å². The fraction of sp³-hybridized carbons (Fsp3) is 0.100. The number of hydrogen-bond donors (Lipinski definition) is 1. The highest BCUT2D eigenvalue weighted by Crippen LogP contribution is 2.05. The van der Waals surface area contributed by atoms with Crippen molar-refractivity contribution in [2.75, 3.05) is 0 Å². The number of imidazole rings is 1. The van der Waals surface area contributed by atoms with Crippen LogP contribution in [0.25, 0.3) is 5.69 Å². The van der Waals surface area contributed by atoms with Crippen molar-refractivity contribution < 1.29 is 0 Å². The molecule has 66 valence electrons. The second-order valence-corrected chi connectivity index (χ2v) is 2.91. The van der Waals surface area contributed by atoms with Gasteiger partial charge in [-0.1, -0.05) is 18.2 Å². The number of aromatic amines is 1. The Hall–Kier alpha value is -1.77. The van der Waals surface area contributed by atoms with Gasteiger partial charge in [0, 0.05) is 11.9 Å². The molecule has 1 heterocycles. The van der Waals surface area contributed by atoms with Crippen LogP contribution in [0.4, 0.5) is 0 Å². The van der Waals surface area contributed by atoms with Crippen LogP contribution >= 0.6 is 0 Å². The van der Waals surface area contributed by atoms with Crippen LogP contribution in [0.15, 0.2) is 41.3 Å². The maximum atomic E-state index is 11.3. The van der Waals surface area contributed by atoms with Crippen molar-refractivity contribution in [2.45, 2.75) is 6.92 Å². The van der Waals surface area contributed by atoms with Crippen molar-refractivity contribution >= 4 is 0 Å². The molecule has 0 saturated carbocycles. The highest BCUT2D eigenvalue weighted by Gasteiger charge is 2.02. The standard InChI is InChI=1S/C10H10N2O/c1-8-7-11-10(13)12(8)9-5-3-2-4-6-9/h2-7H,1H3,(H,11,13). The lowest BCUT2D eigenvalue weighted by atomic mass is 10.3. The molecule has 2 aromatic rings. The van der Waals surface area contributed by atoms with Crippen molar-refractivity contribution in [3.63, 3.8) is 0 Å².